The SMILES string of the molecule is COc1cc(/C=N/Nc2nc(-c3ccccc3)c(N=Nc3ccc(S(=O)(=O)NC(N)=O)cc3)s2)ccc1O. The standard InChI is InChI=1S/C24H21N7O5S2/c1-36-20-13-15(7-12-19(20)32)14-26-30-24-27-21(16-5-3-2-4-6-16)22(37-24)29-28-17-8-10-18(11-9-17)38(34,35)31-23(25)33/h2-14,32H,1H3,(H,27,30)(H3,25,31,33)/b26-14+,29-28?. The summed E-state index contributed by atoms with van der Waals surface area (Å²) >= 11 is 1.21. The van der Waals surface area contributed by atoms with Crippen LogP contribution in [0.25, 0.3) is 11.3 Å². The maximum atomic E-state index is 12.1. The molecule has 4 rings (SSSR count). The number of phenolic OH excluding ortho intramolecular Hbond substituents is 1. The first-order valence-corrected chi connectivity index (χ1v) is 13.1. The van der Waals surface area contributed by atoms with Gasteiger partial charge in [0.25, 0.3) is 10.0 Å². The second-order valence-electron chi connectivity index (χ2n) is 7.50. The van der Waals surface area contributed by atoms with E-state index in [1.165, 1.54) is 48.8 Å². The molecule has 3 aromatic carbocycles. The third-order valence-electron chi connectivity index (χ3n) is 4.87. The molecule has 1 heterocycles. The van der Waals surface area contributed by atoms with Gasteiger partial charge in [0.05, 0.1) is 23.9 Å². The molecule has 0 aliphatic heterocycles. The molecule has 38 heavy (non-hydrogen) atoms. The van der Waals surface area contributed by atoms with Gasteiger partial charge in [-0.2, -0.15) is 5.10 Å². The summed E-state index contributed by atoms with van der Waals surface area (Å²) in [6.45, 7) is 0. The van der Waals surface area contributed by atoms with Crippen molar-refractivity contribution in [2.24, 2.45) is 21.1 Å². The Bertz CT molecular complexity index is 1600. The molecule has 5 N–H and O–H groups in total. The van der Waals surface area contributed by atoms with Crippen LogP contribution in [0.5, 0.6) is 11.5 Å². The quantitative estimate of drug-likeness (QED) is 0.132. The highest BCUT2D eigenvalue weighted by Crippen LogP contribution is 2.39. The van der Waals surface area contributed by atoms with Gasteiger partial charge < -0.3 is 15.6 Å². The highest BCUT2D eigenvalue weighted by atomic mass is 32.2. The smallest absolute Gasteiger partial charge is 0.326 e. The number of carbonyl (C=O) groups excluding carboxylic acids is 1. The van der Waals surface area contributed by atoms with Crippen LogP contribution >= 0.6 is 11.3 Å². The first-order chi connectivity index (χ1) is 18.2. The zero-order valence-corrected chi connectivity index (χ0v) is 21.4. The fourth-order valence-corrected chi connectivity index (χ4v) is 4.77. The first-order valence-electron chi connectivity index (χ1n) is 10.8. The number of rotatable bonds is 9. The maximum Gasteiger partial charge on any atom is 0.326 e. The number of nitrogens with one attached hydrogen (secondary N) is 2. The van der Waals surface area contributed by atoms with Gasteiger partial charge in [-0.15, -0.1) is 10.2 Å². The largest absolute Gasteiger partial charge is 0.504 e. The van der Waals surface area contributed by atoms with Crippen LogP contribution in [0.1, 0.15) is 5.56 Å². The summed E-state index contributed by atoms with van der Waals surface area (Å²) in [5.74, 6) is 0.352. The Kier molecular flexibility index (Phi) is 7.94. The first kappa shape index (κ1) is 26.2. The summed E-state index contributed by atoms with van der Waals surface area (Å²) in [5, 5.41) is 23.4. The van der Waals surface area contributed by atoms with Gasteiger partial charge in [0.15, 0.2) is 16.5 Å². The van der Waals surface area contributed by atoms with Gasteiger partial charge in [0, 0.05) is 5.56 Å². The van der Waals surface area contributed by atoms with Gasteiger partial charge in [0.2, 0.25) is 5.13 Å². The van der Waals surface area contributed by atoms with Crippen molar-refractivity contribution < 1.29 is 23.1 Å². The normalized spacial score (nSPS) is 11.6. The molecule has 14 heteroatoms. The number of urea groups is 1. The monoisotopic (exact) mass is 551 g/mol. The number of nitrogens with two attached hydrogens (primary N) is 1. The highest BCUT2D eigenvalue weighted by molar-refractivity contribution is 7.90. The summed E-state index contributed by atoms with van der Waals surface area (Å²) in [6, 6.07) is 18.5. The number of hydrogen-bond donors (Lipinski definition) is 4. The van der Waals surface area contributed by atoms with E-state index >= 15 is 0 Å². The van der Waals surface area contributed by atoms with Crippen molar-refractivity contribution in [2.75, 3.05) is 12.5 Å². The number of hydrogen-bond acceptors (Lipinski definition) is 11. The van der Waals surface area contributed by atoms with E-state index in [4.69, 9.17) is 10.5 Å². The Morgan fingerprint density at radius 2 is 1.82 bits per heavy atom. The van der Waals surface area contributed by atoms with Crippen molar-refractivity contribution in [1.29, 1.82) is 0 Å². The van der Waals surface area contributed by atoms with Crippen LogP contribution in [0.3, 0.4) is 0 Å². The third kappa shape index (κ3) is 6.48. The lowest BCUT2D eigenvalue weighted by molar-refractivity contribution is 0.253. The van der Waals surface area contributed by atoms with E-state index in [2.05, 4.69) is 25.7 Å². The molecule has 0 atom stereocenters. The topological polar surface area (TPSA) is 181 Å². The van der Waals surface area contributed by atoms with Crippen molar-refractivity contribution in [3.8, 4) is 22.8 Å². The third-order valence-corrected chi connectivity index (χ3v) is 7.08. The molecule has 0 spiro atoms. The Balaban J connectivity index is 1.56. The maximum absolute atomic E-state index is 12.1. The van der Waals surface area contributed by atoms with Crippen LogP contribution < -0.4 is 20.6 Å². The van der Waals surface area contributed by atoms with E-state index in [0.717, 1.165) is 5.56 Å². The number of ether oxygens (including phenoxy) is 1. The highest BCUT2D eigenvalue weighted by Gasteiger charge is 2.16. The summed E-state index contributed by atoms with van der Waals surface area (Å²) in [5.41, 5.74) is 10.2. The van der Waals surface area contributed by atoms with Crippen LogP contribution in [-0.4, -0.2) is 37.9 Å². The molecule has 0 saturated carbocycles. The fourth-order valence-electron chi connectivity index (χ4n) is 3.13. The molecule has 0 fully saturated rings. The number of aromatic hydroxyl groups is 1. The molecule has 2 amide bonds. The van der Waals surface area contributed by atoms with Crippen LogP contribution in [0.15, 0.2) is 93.0 Å². The number of primary amides is 1. The molecular formula is C24H21N7O5S2. The molecule has 0 bridgehead atoms. The zero-order chi connectivity index (χ0) is 27.1. The van der Waals surface area contributed by atoms with Crippen LogP contribution in [-0.2, 0) is 10.0 Å². The number of thiazole rings is 1. The number of methoxy groups -OCH3 is 1. The van der Waals surface area contributed by atoms with Crippen molar-refractivity contribution in [3.05, 3.63) is 78.4 Å². The predicted molar refractivity (Wildman–Crippen MR) is 144 cm³/mol. The summed E-state index contributed by atoms with van der Waals surface area (Å²) in [4.78, 5) is 15.4. The van der Waals surface area contributed by atoms with Gasteiger partial charge in [-0.25, -0.2) is 22.9 Å². The Hall–Kier alpha value is -4.82. The number of nitrogens with zero attached hydrogens (tertiary/aromatic N) is 4. The zero-order valence-electron chi connectivity index (χ0n) is 19.8. The summed E-state index contributed by atoms with van der Waals surface area (Å²) in [6.07, 6.45) is 1.55. The van der Waals surface area contributed by atoms with Gasteiger partial charge in [-0.3, -0.25) is 5.43 Å². The number of amides is 2. The minimum atomic E-state index is -4.06. The Labute approximate surface area is 221 Å². The molecule has 4 aromatic rings. The van der Waals surface area contributed by atoms with Crippen molar-refractivity contribution >= 4 is 49.4 Å². The molecule has 0 unspecified atom stereocenters. The average molecular weight is 552 g/mol. The second-order valence-corrected chi connectivity index (χ2v) is 10.2. The van der Waals surface area contributed by atoms with Crippen molar-refractivity contribution in [2.45, 2.75) is 4.90 Å². The molecule has 1 aromatic heterocycles. The van der Waals surface area contributed by atoms with E-state index < -0.39 is 16.1 Å². The number of hydrazone groups is 1. The molecule has 0 aliphatic rings. The van der Waals surface area contributed by atoms with Gasteiger partial charge in [-0.05, 0) is 48.0 Å². The van der Waals surface area contributed by atoms with Gasteiger partial charge >= 0.3 is 6.03 Å². The lowest BCUT2D eigenvalue weighted by Crippen LogP contribution is -2.34. The number of benzene rings is 3. The molecule has 194 valence electrons. The van der Waals surface area contributed by atoms with E-state index in [1.54, 1.807) is 23.1 Å². The van der Waals surface area contributed by atoms with E-state index in [0.29, 0.717) is 32.8 Å². The van der Waals surface area contributed by atoms with Crippen LogP contribution in [0.4, 0.5) is 20.6 Å². The number of sulfonamides is 1. The fraction of sp³-hybridized carbons (Fsp3) is 0.0417. The second kappa shape index (κ2) is 11.5. The van der Waals surface area contributed by atoms with E-state index in [9.17, 15) is 18.3 Å². The molecule has 0 aliphatic carbocycles. The van der Waals surface area contributed by atoms with E-state index in [-0.39, 0.29) is 10.6 Å². The Morgan fingerprint density at radius 3 is 2.50 bits per heavy atom. The lowest BCUT2D eigenvalue weighted by atomic mass is 10.2. The van der Waals surface area contributed by atoms with Crippen LogP contribution in [0, 0.1) is 0 Å². The van der Waals surface area contributed by atoms with Crippen molar-refractivity contribution in [3.63, 3.8) is 0 Å². The average Bonchev–Trinajstić information content (AvgIpc) is 3.31. The number of phenols is 1. The molecule has 0 radical (unpaired) electrons. The summed E-state index contributed by atoms with van der Waals surface area (Å²) < 4.78 is 30.9. The van der Waals surface area contributed by atoms with Gasteiger partial charge in [-0.1, -0.05) is 41.7 Å². The lowest BCUT2D eigenvalue weighted by Gasteiger charge is -2.03. The number of anilines is 1. The number of aromatic nitrogens is 1. The van der Waals surface area contributed by atoms with Gasteiger partial charge in [0.1, 0.15) is 5.69 Å². The summed E-state index contributed by atoms with van der Waals surface area (Å²) in [7, 11) is -2.60. The number of carbonyl (C=O) groups is 1. The minimum absolute atomic E-state index is 0.0265. The number of azo groups is 1. The minimum Gasteiger partial charge on any atom is -0.504 e. The van der Waals surface area contributed by atoms with Crippen molar-refractivity contribution in [1.82, 2.24) is 9.71 Å². The molecular weight excluding hydrogens is 530 g/mol. The Morgan fingerprint density at radius 1 is 1.08 bits per heavy atom. The van der Waals surface area contributed by atoms with Crippen LogP contribution in [0.2, 0.25) is 0 Å². The predicted octanol–water partition coefficient (Wildman–Crippen LogP) is 4.74. The molecule has 0 saturated heterocycles. The molecule has 12 nitrogen and oxygen atoms in total. The van der Waals surface area contributed by atoms with E-state index in [1.807, 2.05) is 30.3 Å².